The average Bonchev–Trinajstić information content (AvgIpc) is 2.70. The molecule has 178 valence electrons. The molecule has 1 atom stereocenters. The van der Waals surface area contributed by atoms with Crippen molar-refractivity contribution in [3.63, 3.8) is 0 Å². The smallest absolute Gasteiger partial charge is 0.324 e. The number of benzene rings is 1. The number of ether oxygens (including phenoxy) is 1. The Labute approximate surface area is 187 Å². The Morgan fingerprint density at radius 1 is 1.03 bits per heavy atom. The Hall–Kier alpha value is -2.55. The Bertz CT molecular complexity index is 1060. The Balaban J connectivity index is 1.85. The summed E-state index contributed by atoms with van der Waals surface area (Å²) < 4.78 is 56.2. The molecule has 0 aliphatic carbocycles. The molecule has 0 saturated carbocycles. The van der Waals surface area contributed by atoms with E-state index in [-0.39, 0.29) is 37.0 Å². The van der Waals surface area contributed by atoms with E-state index in [1.165, 1.54) is 47.3 Å². The van der Waals surface area contributed by atoms with E-state index in [0.717, 1.165) is 6.26 Å². The molecule has 0 bridgehead atoms. The van der Waals surface area contributed by atoms with Gasteiger partial charge in [-0.1, -0.05) is 0 Å². The van der Waals surface area contributed by atoms with E-state index in [1.54, 1.807) is 0 Å². The van der Waals surface area contributed by atoms with Crippen LogP contribution in [0.4, 0.5) is 5.69 Å². The number of rotatable bonds is 8. The highest BCUT2D eigenvalue weighted by Crippen LogP contribution is 2.14. The standard InChI is InChI=1S/C18H26N4O8S2/c1-13(20-32(28,29)16-6-4-15(5-7-16)19-14(2)23)18(25)30-12-17(24)21-8-10-22(11-9-21)31(3,26)27/h4-7,13,20H,8-12H2,1-3H3,(H,19,23). The lowest BCUT2D eigenvalue weighted by atomic mass is 10.3. The minimum Gasteiger partial charge on any atom is -0.454 e. The molecule has 14 heteroatoms. The fraction of sp³-hybridized carbons (Fsp3) is 0.500. The third kappa shape index (κ3) is 7.25. The van der Waals surface area contributed by atoms with Gasteiger partial charge in [-0.15, -0.1) is 0 Å². The molecular weight excluding hydrogens is 464 g/mol. The number of nitrogens with zero attached hydrogens (tertiary/aromatic N) is 2. The van der Waals surface area contributed by atoms with E-state index in [1.807, 2.05) is 0 Å². The predicted octanol–water partition coefficient (Wildman–Crippen LogP) is -1.04. The van der Waals surface area contributed by atoms with E-state index >= 15 is 0 Å². The van der Waals surface area contributed by atoms with Gasteiger partial charge in [-0.3, -0.25) is 14.4 Å². The number of esters is 1. The first-order valence-electron chi connectivity index (χ1n) is 9.59. The zero-order chi connectivity index (χ0) is 24.1. The van der Waals surface area contributed by atoms with Crippen LogP contribution in [-0.2, 0) is 39.2 Å². The molecule has 2 N–H and O–H groups in total. The van der Waals surface area contributed by atoms with Crippen LogP contribution in [0.1, 0.15) is 13.8 Å². The molecule has 1 heterocycles. The van der Waals surface area contributed by atoms with Gasteiger partial charge in [0.2, 0.25) is 26.0 Å². The predicted molar refractivity (Wildman–Crippen MR) is 114 cm³/mol. The zero-order valence-corrected chi connectivity index (χ0v) is 19.5. The summed E-state index contributed by atoms with van der Waals surface area (Å²) in [4.78, 5) is 36.6. The molecule has 1 unspecified atom stereocenters. The highest BCUT2D eigenvalue weighted by molar-refractivity contribution is 7.89. The number of hydrogen-bond acceptors (Lipinski definition) is 8. The average molecular weight is 491 g/mol. The van der Waals surface area contributed by atoms with Gasteiger partial charge in [-0.2, -0.15) is 9.03 Å². The minimum atomic E-state index is -4.05. The normalized spacial score (nSPS) is 16.3. The first-order chi connectivity index (χ1) is 14.8. The third-order valence-corrected chi connectivity index (χ3v) is 7.43. The number of hydrogen-bond donors (Lipinski definition) is 2. The van der Waals surface area contributed by atoms with Crippen molar-refractivity contribution in [2.45, 2.75) is 24.8 Å². The number of piperazine rings is 1. The molecule has 0 aromatic heterocycles. The number of sulfonamides is 2. The van der Waals surface area contributed by atoms with Crippen LogP contribution in [0.15, 0.2) is 29.2 Å². The lowest BCUT2D eigenvalue weighted by molar-refractivity contribution is -0.153. The summed E-state index contributed by atoms with van der Waals surface area (Å²) in [5.41, 5.74) is 0.416. The van der Waals surface area contributed by atoms with Crippen LogP contribution in [0.25, 0.3) is 0 Å². The van der Waals surface area contributed by atoms with Gasteiger partial charge in [0.15, 0.2) is 6.61 Å². The van der Waals surface area contributed by atoms with Gasteiger partial charge in [0, 0.05) is 38.8 Å². The van der Waals surface area contributed by atoms with Crippen LogP contribution in [0.2, 0.25) is 0 Å². The fourth-order valence-electron chi connectivity index (χ4n) is 2.89. The molecule has 32 heavy (non-hydrogen) atoms. The Kier molecular flexibility index (Phi) is 8.34. The van der Waals surface area contributed by atoms with Crippen molar-refractivity contribution in [2.24, 2.45) is 0 Å². The van der Waals surface area contributed by atoms with Crippen molar-refractivity contribution in [3.05, 3.63) is 24.3 Å². The minimum absolute atomic E-state index is 0.119. The molecular formula is C18H26N4O8S2. The number of amides is 2. The summed E-state index contributed by atoms with van der Waals surface area (Å²) in [6.07, 6.45) is 1.09. The quantitative estimate of drug-likeness (QED) is 0.437. The zero-order valence-electron chi connectivity index (χ0n) is 17.9. The van der Waals surface area contributed by atoms with E-state index in [9.17, 15) is 31.2 Å². The van der Waals surface area contributed by atoms with E-state index in [0.29, 0.717) is 5.69 Å². The van der Waals surface area contributed by atoms with Crippen LogP contribution in [-0.4, -0.2) is 88.9 Å². The first kappa shape index (κ1) is 25.7. The SMILES string of the molecule is CC(=O)Nc1ccc(S(=O)(=O)NC(C)C(=O)OCC(=O)N2CCN(S(C)(=O)=O)CC2)cc1. The molecule has 0 radical (unpaired) electrons. The highest BCUT2D eigenvalue weighted by Gasteiger charge is 2.28. The number of anilines is 1. The molecule has 2 rings (SSSR count). The monoisotopic (exact) mass is 490 g/mol. The van der Waals surface area contributed by atoms with Crippen molar-refractivity contribution < 1.29 is 36.0 Å². The molecule has 2 amide bonds. The summed E-state index contributed by atoms with van der Waals surface area (Å²) in [5.74, 6) is -1.75. The summed E-state index contributed by atoms with van der Waals surface area (Å²) in [6, 6.07) is 4.09. The maximum atomic E-state index is 12.4. The van der Waals surface area contributed by atoms with Crippen molar-refractivity contribution in [1.82, 2.24) is 13.9 Å². The molecule has 1 aliphatic rings. The fourth-order valence-corrected chi connectivity index (χ4v) is 4.91. The summed E-state index contributed by atoms with van der Waals surface area (Å²) >= 11 is 0. The van der Waals surface area contributed by atoms with E-state index in [2.05, 4.69) is 10.0 Å². The van der Waals surface area contributed by atoms with Crippen molar-refractivity contribution in [3.8, 4) is 0 Å². The molecule has 12 nitrogen and oxygen atoms in total. The summed E-state index contributed by atoms with van der Waals surface area (Å²) in [5, 5.41) is 2.51. The topological polar surface area (TPSA) is 159 Å². The van der Waals surface area contributed by atoms with Crippen LogP contribution in [0.5, 0.6) is 0 Å². The van der Waals surface area contributed by atoms with Gasteiger partial charge in [-0.25, -0.2) is 16.8 Å². The van der Waals surface area contributed by atoms with Gasteiger partial charge in [0.05, 0.1) is 11.2 Å². The molecule has 0 spiro atoms. The molecule has 1 aliphatic heterocycles. The third-order valence-electron chi connectivity index (χ3n) is 4.57. The van der Waals surface area contributed by atoms with Crippen molar-refractivity contribution in [2.75, 3.05) is 44.4 Å². The highest BCUT2D eigenvalue weighted by atomic mass is 32.2. The molecule has 1 aromatic rings. The second kappa shape index (κ2) is 10.4. The lowest BCUT2D eigenvalue weighted by Gasteiger charge is -2.33. The van der Waals surface area contributed by atoms with Crippen LogP contribution in [0, 0.1) is 0 Å². The maximum absolute atomic E-state index is 12.4. The maximum Gasteiger partial charge on any atom is 0.324 e. The first-order valence-corrected chi connectivity index (χ1v) is 12.9. The van der Waals surface area contributed by atoms with Gasteiger partial charge < -0.3 is 15.0 Å². The second-order valence-corrected chi connectivity index (χ2v) is 10.9. The largest absolute Gasteiger partial charge is 0.454 e. The molecule has 1 aromatic carbocycles. The Morgan fingerprint density at radius 2 is 1.59 bits per heavy atom. The van der Waals surface area contributed by atoms with Crippen LogP contribution >= 0.6 is 0 Å². The van der Waals surface area contributed by atoms with Crippen molar-refractivity contribution >= 4 is 43.5 Å². The summed E-state index contributed by atoms with van der Waals surface area (Å²) in [7, 11) is -7.38. The van der Waals surface area contributed by atoms with Crippen LogP contribution in [0.3, 0.4) is 0 Å². The van der Waals surface area contributed by atoms with Gasteiger partial charge in [0.25, 0.3) is 5.91 Å². The van der Waals surface area contributed by atoms with Crippen molar-refractivity contribution in [1.29, 1.82) is 0 Å². The molecule has 1 saturated heterocycles. The number of nitrogens with one attached hydrogen (secondary N) is 2. The number of carbonyl (C=O) groups excluding carboxylic acids is 3. The van der Waals surface area contributed by atoms with Gasteiger partial charge in [-0.05, 0) is 31.2 Å². The Morgan fingerprint density at radius 3 is 2.09 bits per heavy atom. The lowest BCUT2D eigenvalue weighted by Crippen LogP contribution is -2.51. The number of carbonyl (C=O) groups is 3. The summed E-state index contributed by atoms with van der Waals surface area (Å²) in [6.45, 7) is 2.64. The second-order valence-electron chi connectivity index (χ2n) is 7.20. The van der Waals surface area contributed by atoms with Gasteiger partial charge in [0.1, 0.15) is 6.04 Å². The van der Waals surface area contributed by atoms with Gasteiger partial charge >= 0.3 is 5.97 Å². The molecule has 1 fully saturated rings. The van der Waals surface area contributed by atoms with E-state index < -0.39 is 44.6 Å². The van der Waals surface area contributed by atoms with E-state index in [4.69, 9.17) is 4.74 Å². The van der Waals surface area contributed by atoms with Crippen LogP contribution < -0.4 is 10.0 Å².